The lowest BCUT2D eigenvalue weighted by molar-refractivity contribution is 0.0470. The van der Waals surface area contributed by atoms with Gasteiger partial charge < -0.3 is 10.2 Å². The molecule has 0 unspecified atom stereocenters. The molecule has 0 saturated heterocycles. The molecular formula is C10H9ClO2. The van der Waals surface area contributed by atoms with Gasteiger partial charge in [-0.3, -0.25) is 0 Å². The highest BCUT2D eigenvalue weighted by molar-refractivity contribution is 6.30. The molecule has 0 saturated carbocycles. The molecule has 1 aliphatic carbocycles. The third kappa shape index (κ3) is 1.48. The molecule has 0 bridgehead atoms. The number of rotatable bonds is 0. The predicted molar refractivity (Wildman–Crippen MR) is 51.5 cm³/mol. The third-order valence-electron chi connectivity index (χ3n) is 2.16. The van der Waals surface area contributed by atoms with Gasteiger partial charge in [-0.15, -0.1) is 0 Å². The summed E-state index contributed by atoms with van der Waals surface area (Å²) in [5, 5.41) is 19.5. The second kappa shape index (κ2) is 3.14. The lowest BCUT2D eigenvalue weighted by atomic mass is 9.93. The SMILES string of the molecule is O[C@H]1C=Cc2ccc(Cl)cc2[C@@H]1O. The molecule has 2 N–H and O–H groups in total. The second-order valence-corrected chi connectivity index (χ2v) is 3.50. The molecule has 0 aromatic heterocycles. The fraction of sp³-hybridized carbons (Fsp3) is 0.200. The Hall–Kier alpha value is -0.830. The van der Waals surface area contributed by atoms with Gasteiger partial charge in [-0.2, -0.15) is 0 Å². The first kappa shape index (κ1) is 8.75. The van der Waals surface area contributed by atoms with E-state index in [1.165, 1.54) is 0 Å². The first-order chi connectivity index (χ1) is 6.18. The van der Waals surface area contributed by atoms with Crippen LogP contribution in [-0.2, 0) is 0 Å². The molecule has 0 heterocycles. The summed E-state index contributed by atoms with van der Waals surface area (Å²) in [6, 6.07) is 5.26. The predicted octanol–water partition coefficient (Wildman–Crippen LogP) is 1.76. The van der Waals surface area contributed by atoms with Crippen LogP contribution < -0.4 is 0 Å². The van der Waals surface area contributed by atoms with E-state index in [1.807, 2.05) is 6.07 Å². The summed E-state index contributed by atoms with van der Waals surface area (Å²) >= 11 is 5.77. The molecule has 68 valence electrons. The highest BCUT2D eigenvalue weighted by atomic mass is 35.5. The maximum absolute atomic E-state index is 9.59. The largest absolute Gasteiger partial charge is 0.386 e. The lowest BCUT2D eigenvalue weighted by Gasteiger charge is -2.21. The van der Waals surface area contributed by atoms with Gasteiger partial charge in [0.25, 0.3) is 0 Å². The van der Waals surface area contributed by atoms with Crippen molar-refractivity contribution in [2.75, 3.05) is 0 Å². The summed E-state index contributed by atoms with van der Waals surface area (Å²) in [6.07, 6.45) is 1.66. The highest BCUT2D eigenvalue weighted by Crippen LogP contribution is 2.29. The zero-order chi connectivity index (χ0) is 9.42. The Morgan fingerprint density at radius 1 is 1.23 bits per heavy atom. The molecule has 0 fully saturated rings. The molecule has 13 heavy (non-hydrogen) atoms. The van der Waals surface area contributed by atoms with Crippen LogP contribution in [0.3, 0.4) is 0 Å². The molecule has 0 aliphatic heterocycles. The van der Waals surface area contributed by atoms with Crippen LogP contribution in [0.2, 0.25) is 5.02 Å². The summed E-state index contributed by atoms with van der Waals surface area (Å²) in [7, 11) is 0. The number of hydrogen-bond acceptors (Lipinski definition) is 2. The summed E-state index contributed by atoms with van der Waals surface area (Å²) in [5.74, 6) is 0. The van der Waals surface area contributed by atoms with Crippen molar-refractivity contribution in [1.29, 1.82) is 0 Å². The number of halogens is 1. The molecule has 0 amide bonds. The van der Waals surface area contributed by atoms with Crippen LogP contribution >= 0.6 is 11.6 Å². The Labute approximate surface area is 81.1 Å². The van der Waals surface area contributed by atoms with E-state index >= 15 is 0 Å². The van der Waals surface area contributed by atoms with E-state index in [2.05, 4.69) is 0 Å². The summed E-state index contributed by atoms with van der Waals surface area (Å²) in [4.78, 5) is 0. The standard InChI is InChI=1S/C10H9ClO2/c11-7-3-1-6-2-4-9(12)10(13)8(6)5-7/h1-5,9-10,12-13H/t9-,10-/m0/s1. The van der Waals surface area contributed by atoms with Crippen molar-refractivity contribution < 1.29 is 10.2 Å². The highest BCUT2D eigenvalue weighted by Gasteiger charge is 2.21. The van der Waals surface area contributed by atoms with Gasteiger partial charge in [-0.25, -0.2) is 0 Å². The number of hydrogen-bond donors (Lipinski definition) is 2. The zero-order valence-electron chi connectivity index (χ0n) is 6.81. The van der Waals surface area contributed by atoms with Crippen LogP contribution in [0.15, 0.2) is 24.3 Å². The second-order valence-electron chi connectivity index (χ2n) is 3.07. The van der Waals surface area contributed by atoms with Crippen molar-refractivity contribution in [3.05, 3.63) is 40.4 Å². The minimum atomic E-state index is -0.862. The Bertz CT molecular complexity index is 360. The van der Waals surface area contributed by atoms with Gasteiger partial charge in [-0.05, 0) is 23.3 Å². The van der Waals surface area contributed by atoms with Crippen molar-refractivity contribution >= 4 is 17.7 Å². The van der Waals surface area contributed by atoms with Gasteiger partial charge in [0.2, 0.25) is 0 Å². The molecular weight excluding hydrogens is 188 g/mol. The van der Waals surface area contributed by atoms with E-state index < -0.39 is 12.2 Å². The third-order valence-corrected chi connectivity index (χ3v) is 2.40. The van der Waals surface area contributed by atoms with Crippen molar-refractivity contribution in [2.45, 2.75) is 12.2 Å². The Kier molecular flexibility index (Phi) is 2.12. The molecule has 3 heteroatoms. The lowest BCUT2D eigenvalue weighted by Crippen LogP contribution is -2.19. The summed E-state index contributed by atoms with van der Waals surface area (Å²) in [6.45, 7) is 0. The number of aliphatic hydroxyl groups excluding tert-OH is 2. The van der Waals surface area contributed by atoms with Gasteiger partial charge in [0, 0.05) is 5.02 Å². The fourth-order valence-electron chi connectivity index (χ4n) is 1.45. The van der Waals surface area contributed by atoms with Gasteiger partial charge >= 0.3 is 0 Å². The van der Waals surface area contributed by atoms with Crippen molar-refractivity contribution in [3.8, 4) is 0 Å². The topological polar surface area (TPSA) is 40.5 Å². The van der Waals surface area contributed by atoms with Crippen LogP contribution in [0.25, 0.3) is 6.08 Å². The molecule has 2 atom stereocenters. The van der Waals surface area contributed by atoms with E-state index in [-0.39, 0.29) is 0 Å². The smallest absolute Gasteiger partial charge is 0.109 e. The van der Waals surface area contributed by atoms with Crippen LogP contribution in [0.1, 0.15) is 17.2 Å². The normalized spacial score (nSPS) is 25.8. The first-order valence-electron chi connectivity index (χ1n) is 4.02. The average molecular weight is 197 g/mol. The molecule has 0 radical (unpaired) electrons. The van der Waals surface area contributed by atoms with E-state index in [4.69, 9.17) is 11.6 Å². The summed E-state index contributed by atoms with van der Waals surface area (Å²) in [5.41, 5.74) is 1.59. The quantitative estimate of drug-likeness (QED) is 0.664. The maximum atomic E-state index is 9.59. The molecule has 2 nitrogen and oxygen atoms in total. The fourth-order valence-corrected chi connectivity index (χ4v) is 1.63. The van der Waals surface area contributed by atoms with E-state index in [9.17, 15) is 10.2 Å². The minimum Gasteiger partial charge on any atom is -0.386 e. The van der Waals surface area contributed by atoms with Gasteiger partial charge in [-0.1, -0.05) is 29.8 Å². The van der Waals surface area contributed by atoms with Gasteiger partial charge in [0.1, 0.15) is 12.2 Å². The van der Waals surface area contributed by atoms with Crippen LogP contribution in [0, 0.1) is 0 Å². The molecule has 0 spiro atoms. The molecule has 1 aromatic carbocycles. The monoisotopic (exact) mass is 196 g/mol. The number of fused-ring (bicyclic) bond motifs is 1. The summed E-state index contributed by atoms with van der Waals surface area (Å²) < 4.78 is 0. The zero-order valence-corrected chi connectivity index (χ0v) is 7.57. The van der Waals surface area contributed by atoms with Crippen molar-refractivity contribution in [3.63, 3.8) is 0 Å². The van der Waals surface area contributed by atoms with Crippen molar-refractivity contribution in [2.24, 2.45) is 0 Å². The Balaban J connectivity index is 2.54. The van der Waals surface area contributed by atoms with Crippen LogP contribution in [-0.4, -0.2) is 16.3 Å². The van der Waals surface area contributed by atoms with Crippen LogP contribution in [0.5, 0.6) is 0 Å². The van der Waals surface area contributed by atoms with Gasteiger partial charge in [0.05, 0.1) is 0 Å². The van der Waals surface area contributed by atoms with E-state index in [0.29, 0.717) is 10.6 Å². The van der Waals surface area contributed by atoms with E-state index in [0.717, 1.165) is 5.56 Å². The molecule has 2 rings (SSSR count). The first-order valence-corrected chi connectivity index (χ1v) is 4.40. The average Bonchev–Trinajstić information content (AvgIpc) is 2.12. The molecule has 1 aliphatic rings. The van der Waals surface area contributed by atoms with Crippen LogP contribution in [0.4, 0.5) is 0 Å². The van der Waals surface area contributed by atoms with Crippen molar-refractivity contribution in [1.82, 2.24) is 0 Å². The number of aliphatic hydroxyl groups is 2. The molecule has 1 aromatic rings. The minimum absolute atomic E-state index is 0.570. The number of benzene rings is 1. The Morgan fingerprint density at radius 3 is 2.77 bits per heavy atom. The maximum Gasteiger partial charge on any atom is 0.109 e. The van der Waals surface area contributed by atoms with Gasteiger partial charge in [0.15, 0.2) is 0 Å². The Morgan fingerprint density at radius 2 is 2.00 bits per heavy atom. The van der Waals surface area contributed by atoms with E-state index in [1.54, 1.807) is 24.3 Å².